The van der Waals surface area contributed by atoms with E-state index in [9.17, 15) is 20.2 Å². The van der Waals surface area contributed by atoms with E-state index in [4.69, 9.17) is 5.73 Å². The number of halogens is 2. The minimum Gasteiger partial charge on any atom is -0.399 e. The van der Waals surface area contributed by atoms with Crippen LogP contribution in [0.4, 0.5) is 4.39 Å². The van der Waals surface area contributed by atoms with Crippen LogP contribution in [-0.2, 0) is 0 Å². The number of benzene rings is 1. The highest BCUT2D eigenvalue weighted by atomic mass is 79.9. The average molecular weight is 440 g/mol. The Morgan fingerprint density at radius 2 is 1.96 bits per heavy atom. The summed E-state index contributed by atoms with van der Waals surface area (Å²) in [6.07, 6.45) is 1.92. The third kappa shape index (κ3) is 2.90. The van der Waals surface area contributed by atoms with Crippen molar-refractivity contribution in [2.75, 3.05) is 13.1 Å². The van der Waals surface area contributed by atoms with Crippen LogP contribution in [0.15, 0.2) is 45.6 Å². The van der Waals surface area contributed by atoms with Crippen LogP contribution in [0.5, 0.6) is 0 Å². The lowest BCUT2D eigenvalue weighted by Crippen LogP contribution is -2.49. The first-order chi connectivity index (χ1) is 13.3. The fourth-order valence-electron chi connectivity index (χ4n) is 4.22. The molecule has 2 aliphatic rings. The van der Waals surface area contributed by atoms with Gasteiger partial charge < -0.3 is 5.73 Å². The van der Waals surface area contributed by atoms with Crippen molar-refractivity contribution in [2.45, 2.75) is 25.8 Å². The van der Waals surface area contributed by atoms with Crippen LogP contribution in [0.3, 0.4) is 0 Å². The fourth-order valence-corrected chi connectivity index (χ4v) is 4.60. The van der Waals surface area contributed by atoms with Gasteiger partial charge in [0.25, 0.3) is 0 Å². The van der Waals surface area contributed by atoms with Crippen molar-refractivity contribution >= 4 is 15.9 Å². The average Bonchev–Trinajstić information content (AvgIpc) is 2.69. The molecule has 2 N–H and O–H groups in total. The summed E-state index contributed by atoms with van der Waals surface area (Å²) in [4.78, 5) is 2.17. The Hall–Kier alpha value is -2.66. The maximum Gasteiger partial charge on any atom is 0.191 e. The van der Waals surface area contributed by atoms with Crippen LogP contribution in [-0.4, -0.2) is 24.0 Å². The Balaban J connectivity index is 2.35. The van der Waals surface area contributed by atoms with Crippen molar-refractivity contribution < 1.29 is 4.39 Å². The van der Waals surface area contributed by atoms with Crippen molar-refractivity contribution in [1.82, 2.24) is 4.90 Å². The standard InChI is InChI=1S/C21H19BrFN5/c1-12(2)28-6-5-14-16(8-24)20(27)21(10-25,11-26)19(17(14)9-28)15-7-13(22)3-4-18(15)23/h3-5,7,12,17,19H,6,9,27H2,1-2H3/t17-,19-/m0/s1. The number of rotatable bonds is 2. The molecule has 0 aromatic heterocycles. The van der Waals surface area contributed by atoms with Crippen molar-refractivity contribution in [3.8, 4) is 18.2 Å². The van der Waals surface area contributed by atoms with Crippen LogP contribution in [0.1, 0.15) is 25.3 Å². The first-order valence-corrected chi connectivity index (χ1v) is 9.72. The van der Waals surface area contributed by atoms with Crippen molar-refractivity contribution in [2.24, 2.45) is 17.1 Å². The molecule has 1 heterocycles. The predicted octanol–water partition coefficient (Wildman–Crippen LogP) is 3.72. The molecule has 7 heteroatoms. The number of hydrogen-bond donors (Lipinski definition) is 1. The van der Waals surface area contributed by atoms with Crippen LogP contribution >= 0.6 is 15.9 Å². The Bertz CT molecular complexity index is 991. The predicted molar refractivity (Wildman–Crippen MR) is 106 cm³/mol. The molecule has 3 rings (SSSR count). The Kier molecular flexibility index (Phi) is 5.31. The molecule has 1 aromatic rings. The van der Waals surface area contributed by atoms with Gasteiger partial charge in [-0.25, -0.2) is 4.39 Å². The van der Waals surface area contributed by atoms with Gasteiger partial charge in [-0.1, -0.05) is 22.0 Å². The summed E-state index contributed by atoms with van der Waals surface area (Å²) in [6, 6.07) is 10.8. The lowest BCUT2D eigenvalue weighted by Gasteiger charge is -2.46. The van der Waals surface area contributed by atoms with Gasteiger partial charge in [-0.05, 0) is 43.2 Å². The molecule has 0 fully saturated rings. The molecule has 0 unspecified atom stereocenters. The minimum atomic E-state index is -1.82. The molecule has 28 heavy (non-hydrogen) atoms. The zero-order valence-corrected chi connectivity index (χ0v) is 17.2. The molecule has 1 aromatic carbocycles. The first-order valence-electron chi connectivity index (χ1n) is 8.93. The molecule has 1 aliphatic carbocycles. The largest absolute Gasteiger partial charge is 0.399 e. The summed E-state index contributed by atoms with van der Waals surface area (Å²) in [5.41, 5.74) is 5.43. The third-order valence-corrected chi connectivity index (χ3v) is 6.21. The van der Waals surface area contributed by atoms with Gasteiger partial charge in [0, 0.05) is 35.4 Å². The number of nitrogens with zero attached hydrogens (tertiary/aromatic N) is 4. The molecule has 0 spiro atoms. The minimum absolute atomic E-state index is 0.0927. The van der Waals surface area contributed by atoms with Gasteiger partial charge in [-0.15, -0.1) is 0 Å². The van der Waals surface area contributed by atoms with Crippen molar-refractivity contribution in [3.63, 3.8) is 0 Å². The SMILES string of the molecule is CC(C)N1CC=C2C(C#N)=C(N)C(C#N)(C#N)[C@@H](c3cc(Br)ccc3F)[C@H]2C1. The zero-order valence-electron chi connectivity index (χ0n) is 15.6. The summed E-state index contributed by atoms with van der Waals surface area (Å²) in [7, 11) is 0. The van der Waals surface area contributed by atoms with Gasteiger partial charge in [0.15, 0.2) is 5.41 Å². The highest BCUT2D eigenvalue weighted by Crippen LogP contribution is 2.54. The maximum atomic E-state index is 14.9. The smallest absolute Gasteiger partial charge is 0.191 e. The number of nitriles is 3. The lowest BCUT2D eigenvalue weighted by molar-refractivity contribution is 0.172. The summed E-state index contributed by atoms with van der Waals surface area (Å²) in [5, 5.41) is 29.7. The van der Waals surface area contributed by atoms with Crippen molar-refractivity contribution in [1.29, 1.82) is 15.8 Å². The monoisotopic (exact) mass is 439 g/mol. The summed E-state index contributed by atoms with van der Waals surface area (Å²) in [6.45, 7) is 5.23. The second-order valence-electron chi connectivity index (χ2n) is 7.39. The van der Waals surface area contributed by atoms with Gasteiger partial charge in [0.2, 0.25) is 0 Å². The molecular weight excluding hydrogens is 421 g/mol. The summed E-state index contributed by atoms with van der Waals surface area (Å²) < 4.78 is 15.5. The van der Waals surface area contributed by atoms with Gasteiger partial charge in [0.05, 0.1) is 23.4 Å². The van der Waals surface area contributed by atoms with Crippen LogP contribution < -0.4 is 5.73 Å². The molecule has 0 saturated carbocycles. The van der Waals surface area contributed by atoms with E-state index in [1.54, 1.807) is 12.1 Å². The molecule has 142 valence electrons. The molecule has 0 radical (unpaired) electrons. The molecule has 0 saturated heterocycles. The van der Waals surface area contributed by atoms with E-state index in [1.807, 2.05) is 32.1 Å². The molecular formula is C21H19BrFN5. The Labute approximate surface area is 172 Å². The lowest BCUT2D eigenvalue weighted by atomic mass is 9.58. The van der Waals surface area contributed by atoms with E-state index < -0.39 is 23.1 Å². The number of allylic oxidation sites excluding steroid dienone is 2. The van der Waals surface area contributed by atoms with E-state index in [0.717, 1.165) is 0 Å². The maximum absolute atomic E-state index is 14.9. The van der Waals surface area contributed by atoms with Crippen LogP contribution in [0.25, 0.3) is 0 Å². The summed E-state index contributed by atoms with van der Waals surface area (Å²) in [5.74, 6) is -1.73. The highest BCUT2D eigenvalue weighted by molar-refractivity contribution is 9.10. The molecule has 0 amide bonds. The van der Waals surface area contributed by atoms with E-state index in [0.29, 0.717) is 23.1 Å². The second-order valence-corrected chi connectivity index (χ2v) is 8.30. The molecule has 1 aliphatic heterocycles. The van der Waals surface area contributed by atoms with Crippen LogP contribution in [0, 0.1) is 51.1 Å². The van der Waals surface area contributed by atoms with E-state index in [1.165, 1.54) is 6.07 Å². The third-order valence-electron chi connectivity index (χ3n) is 5.72. The fraction of sp³-hybridized carbons (Fsp3) is 0.381. The summed E-state index contributed by atoms with van der Waals surface area (Å²) >= 11 is 3.35. The quantitative estimate of drug-likeness (QED) is 0.756. The Morgan fingerprint density at radius 1 is 1.29 bits per heavy atom. The van der Waals surface area contributed by atoms with Gasteiger partial charge >= 0.3 is 0 Å². The molecule has 5 nitrogen and oxygen atoms in total. The number of nitrogens with two attached hydrogens (primary N) is 1. The topological polar surface area (TPSA) is 101 Å². The normalized spacial score (nSPS) is 24.0. The first kappa shape index (κ1) is 20.1. The zero-order chi connectivity index (χ0) is 20.6. The second kappa shape index (κ2) is 7.40. The van der Waals surface area contributed by atoms with Crippen molar-refractivity contribution in [3.05, 3.63) is 57.0 Å². The number of hydrogen-bond acceptors (Lipinski definition) is 5. The molecule has 2 atom stereocenters. The number of fused-ring (bicyclic) bond motifs is 1. The Morgan fingerprint density at radius 3 is 2.54 bits per heavy atom. The van der Waals surface area contributed by atoms with Gasteiger partial charge in [-0.3, -0.25) is 4.90 Å². The van der Waals surface area contributed by atoms with E-state index in [-0.39, 0.29) is 22.9 Å². The van der Waals surface area contributed by atoms with Gasteiger partial charge in [-0.2, -0.15) is 15.8 Å². The van der Waals surface area contributed by atoms with E-state index >= 15 is 0 Å². The van der Waals surface area contributed by atoms with Crippen LogP contribution in [0.2, 0.25) is 0 Å². The van der Waals surface area contributed by atoms with Gasteiger partial charge in [0.1, 0.15) is 11.9 Å². The molecule has 0 bridgehead atoms. The highest BCUT2D eigenvalue weighted by Gasteiger charge is 2.55. The van der Waals surface area contributed by atoms with E-state index in [2.05, 4.69) is 26.9 Å².